The summed E-state index contributed by atoms with van der Waals surface area (Å²) in [7, 11) is 1.55. The average molecular weight is 455 g/mol. The summed E-state index contributed by atoms with van der Waals surface area (Å²) in [6.45, 7) is 6.13. The molecule has 2 amide bonds. The van der Waals surface area contributed by atoms with Crippen LogP contribution in [0.3, 0.4) is 0 Å². The van der Waals surface area contributed by atoms with Gasteiger partial charge in [-0.3, -0.25) is 14.5 Å². The molecule has 1 fully saturated rings. The average Bonchev–Trinajstić information content (AvgIpc) is 3.24. The molecule has 0 radical (unpaired) electrons. The predicted octanol–water partition coefficient (Wildman–Crippen LogP) is 3.92. The number of nitrogens with zero attached hydrogens (tertiary/aromatic N) is 2. The van der Waals surface area contributed by atoms with Crippen molar-refractivity contribution in [3.8, 4) is 5.75 Å². The van der Waals surface area contributed by atoms with Gasteiger partial charge in [0.25, 0.3) is 5.91 Å². The first kappa shape index (κ1) is 22.2. The molecule has 1 unspecified atom stereocenters. The van der Waals surface area contributed by atoms with Crippen LogP contribution < -0.4 is 10.1 Å². The Kier molecular flexibility index (Phi) is 6.39. The van der Waals surface area contributed by atoms with E-state index in [1.165, 1.54) is 0 Å². The topological polar surface area (TPSA) is 77.7 Å². The van der Waals surface area contributed by atoms with Gasteiger partial charge in [-0.05, 0) is 37.6 Å². The lowest BCUT2D eigenvalue weighted by Gasteiger charge is -2.37. The maximum Gasteiger partial charge on any atom is 0.270 e. The van der Waals surface area contributed by atoms with Gasteiger partial charge in [-0.15, -0.1) is 0 Å². The lowest BCUT2D eigenvalue weighted by atomic mass is 10.1. The van der Waals surface area contributed by atoms with Gasteiger partial charge < -0.3 is 19.9 Å². The van der Waals surface area contributed by atoms with Crippen LogP contribution in [-0.2, 0) is 4.79 Å². The standard InChI is InChI=1S/C24H27ClN4O3/c1-15-12-20(22(32-3)14-18(15)25)27-23(30)16(2)28-8-10-29(11-9-28)24(31)21-13-17-6-4-5-7-19(17)26-21/h4-7,12-14,16,26H,8-11H2,1-3H3,(H,27,30). The Balaban J connectivity index is 1.37. The first-order chi connectivity index (χ1) is 15.4. The van der Waals surface area contributed by atoms with E-state index in [-0.39, 0.29) is 17.9 Å². The first-order valence-corrected chi connectivity index (χ1v) is 11.0. The number of benzene rings is 2. The lowest BCUT2D eigenvalue weighted by molar-refractivity contribution is -0.121. The number of fused-ring (bicyclic) bond motifs is 1. The molecule has 1 aliphatic rings. The van der Waals surface area contributed by atoms with Crippen LogP contribution in [0, 0.1) is 6.92 Å². The van der Waals surface area contributed by atoms with Crippen LogP contribution in [0.25, 0.3) is 10.9 Å². The van der Waals surface area contributed by atoms with E-state index in [4.69, 9.17) is 16.3 Å². The number of amides is 2. The number of methoxy groups -OCH3 is 1. The molecule has 8 heteroatoms. The normalized spacial score (nSPS) is 15.6. The Labute approximate surface area is 192 Å². The molecule has 0 bridgehead atoms. The fourth-order valence-electron chi connectivity index (χ4n) is 4.00. The van der Waals surface area contributed by atoms with Crippen molar-refractivity contribution in [2.45, 2.75) is 19.9 Å². The van der Waals surface area contributed by atoms with Crippen molar-refractivity contribution in [1.82, 2.24) is 14.8 Å². The van der Waals surface area contributed by atoms with Crippen LogP contribution in [0.4, 0.5) is 5.69 Å². The summed E-state index contributed by atoms with van der Waals surface area (Å²) in [5.74, 6) is 0.384. The first-order valence-electron chi connectivity index (χ1n) is 10.6. The van der Waals surface area contributed by atoms with Crippen LogP contribution in [0.1, 0.15) is 23.0 Å². The van der Waals surface area contributed by atoms with E-state index in [1.807, 2.05) is 55.1 Å². The molecule has 2 heterocycles. The number of hydrogen-bond acceptors (Lipinski definition) is 4. The van der Waals surface area contributed by atoms with Gasteiger partial charge in [0.05, 0.1) is 18.8 Å². The molecule has 4 rings (SSSR count). The number of nitrogens with one attached hydrogen (secondary N) is 2. The highest BCUT2D eigenvalue weighted by Crippen LogP contribution is 2.31. The number of rotatable bonds is 5. The zero-order chi connectivity index (χ0) is 22.8. The second-order valence-electron chi connectivity index (χ2n) is 8.07. The molecule has 0 aliphatic carbocycles. The van der Waals surface area contributed by atoms with Gasteiger partial charge in [-0.2, -0.15) is 0 Å². The number of aromatic amines is 1. The number of aromatic nitrogens is 1. The van der Waals surface area contributed by atoms with Crippen LogP contribution in [-0.4, -0.2) is 65.9 Å². The number of carbonyl (C=O) groups excluding carboxylic acids is 2. The van der Waals surface area contributed by atoms with Gasteiger partial charge in [0.1, 0.15) is 11.4 Å². The third-order valence-corrected chi connectivity index (χ3v) is 6.43. The number of halogens is 1. The number of H-pyrrole nitrogens is 1. The van der Waals surface area contributed by atoms with E-state index in [0.717, 1.165) is 16.5 Å². The van der Waals surface area contributed by atoms with Crippen LogP contribution in [0.5, 0.6) is 5.75 Å². The van der Waals surface area contributed by atoms with E-state index in [0.29, 0.717) is 48.3 Å². The van der Waals surface area contributed by atoms with Crippen LogP contribution in [0.2, 0.25) is 5.02 Å². The zero-order valence-corrected chi connectivity index (χ0v) is 19.2. The van der Waals surface area contributed by atoms with Crippen molar-refractivity contribution in [3.63, 3.8) is 0 Å². The van der Waals surface area contributed by atoms with E-state index >= 15 is 0 Å². The third-order valence-electron chi connectivity index (χ3n) is 6.03. The summed E-state index contributed by atoms with van der Waals surface area (Å²) in [6.07, 6.45) is 0. The maximum absolute atomic E-state index is 12.9. The zero-order valence-electron chi connectivity index (χ0n) is 18.4. The summed E-state index contributed by atoms with van der Waals surface area (Å²) in [4.78, 5) is 32.9. The Morgan fingerprint density at radius 3 is 2.53 bits per heavy atom. The van der Waals surface area contributed by atoms with Gasteiger partial charge in [-0.1, -0.05) is 29.8 Å². The quantitative estimate of drug-likeness (QED) is 0.612. The molecule has 2 aromatic carbocycles. The molecule has 3 aromatic rings. The number of hydrogen-bond donors (Lipinski definition) is 2. The molecular formula is C24H27ClN4O3. The Morgan fingerprint density at radius 1 is 1.12 bits per heavy atom. The Morgan fingerprint density at radius 2 is 1.84 bits per heavy atom. The van der Waals surface area contributed by atoms with E-state index in [2.05, 4.69) is 15.2 Å². The summed E-state index contributed by atoms with van der Waals surface area (Å²) in [5, 5.41) is 4.56. The minimum absolute atomic E-state index is 0.0145. The molecule has 0 saturated carbocycles. The summed E-state index contributed by atoms with van der Waals surface area (Å²) in [6, 6.07) is 12.9. The monoisotopic (exact) mass is 454 g/mol. The number of carbonyl (C=O) groups is 2. The van der Waals surface area contributed by atoms with Gasteiger partial charge >= 0.3 is 0 Å². The van der Waals surface area contributed by atoms with E-state index < -0.39 is 0 Å². The largest absolute Gasteiger partial charge is 0.495 e. The Bertz CT molecular complexity index is 1120. The SMILES string of the molecule is COc1cc(Cl)c(C)cc1NC(=O)C(C)N1CCN(C(=O)c2cc3ccccc3[nH]2)CC1. The molecule has 2 N–H and O–H groups in total. The molecule has 168 valence electrons. The minimum Gasteiger partial charge on any atom is -0.495 e. The highest BCUT2D eigenvalue weighted by Gasteiger charge is 2.29. The van der Waals surface area contributed by atoms with E-state index in [1.54, 1.807) is 13.2 Å². The number of para-hydroxylation sites is 1. The smallest absolute Gasteiger partial charge is 0.270 e. The number of piperazine rings is 1. The summed E-state index contributed by atoms with van der Waals surface area (Å²) in [5.41, 5.74) is 3.00. The number of ether oxygens (including phenoxy) is 1. The van der Waals surface area contributed by atoms with Crippen molar-refractivity contribution >= 4 is 40.0 Å². The van der Waals surface area contributed by atoms with Crippen molar-refractivity contribution in [2.75, 3.05) is 38.6 Å². The fourth-order valence-corrected chi connectivity index (χ4v) is 4.16. The van der Waals surface area contributed by atoms with E-state index in [9.17, 15) is 9.59 Å². The molecule has 32 heavy (non-hydrogen) atoms. The minimum atomic E-state index is -0.346. The van der Waals surface area contributed by atoms with Gasteiger partial charge in [0.2, 0.25) is 5.91 Å². The van der Waals surface area contributed by atoms with Crippen molar-refractivity contribution in [3.05, 3.63) is 58.7 Å². The summed E-state index contributed by atoms with van der Waals surface area (Å²) >= 11 is 6.16. The second kappa shape index (κ2) is 9.22. The Hall–Kier alpha value is -3.03. The third kappa shape index (κ3) is 4.45. The molecule has 1 aromatic heterocycles. The molecule has 1 saturated heterocycles. The van der Waals surface area contributed by atoms with Crippen molar-refractivity contribution in [1.29, 1.82) is 0 Å². The van der Waals surface area contributed by atoms with Gasteiger partial charge in [-0.25, -0.2) is 0 Å². The number of aryl methyl sites for hydroxylation is 1. The molecule has 1 atom stereocenters. The van der Waals surface area contributed by atoms with Crippen molar-refractivity contribution in [2.24, 2.45) is 0 Å². The molecule has 0 spiro atoms. The highest BCUT2D eigenvalue weighted by molar-refractivity contribution is 6.31. The van der Waals surface area contributed by atoms with Gasteiger partial charge in [0, 0.05) is 48.2 Å². The molecular weight excluding hydrogens is 428 g/mol. The molecule has 7 nitrogen and oxygen atoms in total. The summed E-state index contributed by atoms with van der Waals surface area (Å²) < 4.78 is 5.35. The lowest BCUT2D eigenvalue weighted by Crippen LogP contribution is -2.54. The number of anilines is 1. The predicted molar refractivity (Wildman–Crippen MR) is 127 cm³/mol. The van der Waals surface area contributed by atoms with Gasteiger partial charge in [0.15, 0.2) is 0 Å². The van der Waals surface area contributed by atoms with Crippen LogP contribution >= 0.6 is 11.6 Å². The maximum atomic E-state index is 12.9. The molecule has 1 aliphatic heterocycles. The van der Waals surface area contributed by atoms with Crippen LogP contribution in [0.15, 0.2) is 42.5 Å². The highest BCUT2D eigenvalue weighted by atomic mass is 35.5. The second-order valence-corrected chi connectivity index (χ2v) is 8.47. The fraction of sp³-hybridized carbons (Fsp3) is 0.333. The van der Waals surface area contributed by atoms with Crippen molar-refractivity contribution < 1.29 is 14.3 Å².